The number of rotatable bonds is 5. The van der Waals surface area contributed by atoms with Crippen LogP contribution in [0.5, 0.6) is 0 Å². The highest BCUT2D eigenvalue weighted by Gasteiger charge is 2.51. The number of hydrogen-bond donors (Lipinski definition) is 0. The van der Waals surface area contributed by atoms with Crippen LogP contribution in [-0.4, -0.2) is 0 Å². The molecule has 0 heterocycles. The van der Waals surface area contributed by atoms with E-state index in [1.165, 1.54) is 77.5 Å². The number of anilines is 3. The van der Waals surface area contributed by atoms with Crippen LogP contribution in [0.1, 0.15) is 22.3 Å². The standard InChI is InChI=1S/C53H35N/c1-3-15-36(16-4-1)47-33-38-17-7-8-18-39(38)34-48(47)37-27-29-41(30-28-37)54(40-19-5-2-6-20-40)42-31-32-46-45-23-11-14-26-51(45)53(52(46)35-42)49-24-12-9-21-43(49)44-22-10-13-25-50(44)53/h1-35H. The molecule has 0 atom stereocenters. The topological polar surface area (TPSA) is 3.24 Å². The van der Waals surface area contributed by atoms with Gasteiger partial charge < -0.3 is 4.90 Å². The first-order chi connectivity index (χ1) is 26.8. The van der Waals surface area contributed by atoms with Crippen molar-refractivity contribution < 1.29 is 0 Å². The number of fused-ring (bicyclic) bond motifs is 11. The van der Waals surface area contributed by atoms with Gasteiger partial charge in [-0.25, -0.2) is 0 Å². The maximum absolute atomic E-state index is 2.46. The number of hydrogen-bond acceptors (Lipinski definition) is 1. The van der Waals surface area contributed by atoms with Gasteiger partial charge in [-0.2, -0.15) is 0 Å². The molecule has 0 saturated carbocycles. The lowest BCUT2D eigenvalue weighted by atomic mass is 9.70. The Morgan fingerprint density at radius 1 is 0.259 bits per heavy atom. The van der Waals surface area contributed by atoms with Crippen LogP contribution in [-0.2, 0) is 5.41 Å². The molecule has 252 valence electrons. The molecule has 0 bridgehead atoms. The van der Waals surface area contributed by atoms with Crippen molar-refractivity contribution >= 4 is 27.8 Å². The summed E-state index contributed by atoms with van der Waals surface area (Å²) in [7, 11) is 0. The molecule has 9 aromatic rings. The van der Waals surface area contributed by atoms with Gasteiger partial charge in [-0.3, -0.25) is 0 Å². The summed E-state index contributed by atoms with van der Waals surface area (Å²) in [6, 6.07) is 78.2. The highest BCUT2D eigenvalue weighted by Crippen LogP contribution is 2.63. The molecule has 2 aliphatic carbocycles. The molecule has 0 radical (unpaired) electrons. The van der Waals surface area contributed by atoms with Gasteiger partial charge in [0.2, 0.25) is 0 Å². The zero-order chi connectivity index (χ0) is 35.6. The number of nitrogens with zero attached hydrogens (tertiary/aromatic N) is 1. The second-order valence-corrected chi connectivity index (χ2v) is 14.4. The molecule has 1 nitrogen and oxygen atoms in total. The first-order valence-electron chi connectivity index (χ1n) is 18.8. The number of benzene rings is 9. The Bertz CT molecular complexity index is 2810. The maximum Gasteiger partial charge on any atom is 0.0726 e. The van der Waals surface area contributed by atoms with Crippen molar-refractivity contribution in [3.05, 3.63) is 235 Å². The van der Waals surface area contributed by atoms with Gasteiger partial charge in [0.05, 0.1) is 5.41 Å². The summed E-state index contributed by atoms with van der Waals surface area (Å²) in [4.78, 5) is 2.41. The summed E-state index contributed by atoms with van der Waals surface area (Å²) < 4.78 is 0. The van der Waals surface area contributed by atoms with Crippen molar-refractivity contribution in [2.45, 2.75) is 5.41 Å². The summed E-state index contributed by atoms with van der Waals surface area (Å²) in [5.74, 6) is 0. The van der Waals surface area contributed by atoms with Gasteiger partial charge >= 0.3 is 0 Å². The lowest BCUT2D eigenvalue weighted by Gasteiger charge is -2.32. The Morgan fingerprint density at radius 2 is 0.667 bits per heavy atom. The minimum atomic E-state index is -0.398. The van der Waals surface area contributed by atoms with Crippen LogP contribution in [0, 0.1) is 0 Å². The second kappa shape index (κ2) is 12.0. The van der Waals surface area contributed by atoms with Crippen molar-refractivity contribution in [2.75, 3.05) is 4.90 Å². The highest BCUT2D eigenvalue weighted by atomic mass is 15.1. The first kappa shape index (κ1) is 30.6. The van der Waals surface area contributed by atoms with Crippen molar-refractivity contribution in [2.24, 2.45) is 0 Å². The van der Waals surface area contributed by atoms with Crippen molar-refractivity contribution in [3.8, 4) is 44.5 Å². The van der Waals surface area contributed by atoms with Crippen LogP contribution >= 0.6 is 0 Å². The van der Waals surface area contributed by atoms with E-state index in [0.717, 1.165) is 17.1 Å². The van der Waals surface area contributed by atoms with E-state index in [1.54, 1.807) is 0 Å². The third-order valence-corrected chi connectivity index (χ3v) is 11.7. The Hall–Kier alpha value is -6.96. The Morgan fingerprint density at radius 3 is 1.22 bits per heavy atom. The molecule has 9 aromatic carbocycles. The molecule has 0 aromatic heterocycles. The molecular weight excluding hydrogens is 651 g/mol. The molecular formula is C53H35N. The maximum atomic E-state index is 2.46. The summed E-state index contributed by atoms with van der Waals surface area (Å²) in [6.45, 7) is 0. The first-order valence-corrected chi connectivity index (χ1v) is 18.8. The zero-order valence-electron chi connectivity index (χ0n) is 29.7. The highest BCUT2D eigenvalue weighted by molar-refractivity contribution is 5.98. The van der Waals surface area contributed by atoms with E-state index in [2.05, 4.69) is 217 Å². The fourth-order valence-corrected chi connectivity index (χ4v) is 9.37. The van der Waals surface area contributed by atoms with Crippen LogP contribution in [0.25, 0.3) is 55.3 Å². The van der Waals surface area contributed by atoms with Crippen molar-refractivity contribution in [3.63, 3.8) is 0 Å². The average molecular weight is 686 g/mol. The number of para-hydroxylation sites is 1. The molecule has 1 spiro atoms. The minimum Gasteiger partial charge on any atom is -0.310 e. The van der Waals surface area contributed by atoms with Crippen LogP contribution in [0.3, 0.4) is 0 Å². The third kappa shape index (κ3) is 4.45. The molecule has 0 saturated heterocycles. The van der Waals surface area contributed by atoms with E-state index in [1.807, 2.05) is 0 Å². The predicted molar refractivity (Wildman–Crippen MR) is 226 cm³/mol. The molecule has 0 fully saturated rings. The van der Waals surface area contributed by atoms with Crippen LogP contribution in [0.15, 0.2) is 212 Å². The Balaban J connectivity index is 1.09. The summed E-state index contributed by atoms with van der Waals surface area (Å²) in [5.41, 5.74) is 18.5. The van der Waals surface area contributed by atoms with Gasteiger partial charge in [0.1, 0.15) is 0 Å². The second-order valence-electron chi connectivity index (χ2n) is 14.4. The molecule has 1 heteroatoms. The van der Waals surface area contributed by atoms with Crippen LogP contribution in [0.4, 0.5) is 17.1 Å². The van der Waals surface area contributed by atoms with E-state index in [-0.39, 0.29) is 0 Å². The molecule has 0 amide bonds. The van der Waals surface area contributed by atoms with Gasteiger partial charge in [-0.05, 0) is 126 Å². The fourth-order valence-electron chi connectivity index (χ4n) is 9.37. The van der Waals surface area contributed by atoms with E-state index < -0.39 is 5.41 Å². The Kier molecular flexibility index (Phi) is 6.84. The fraction of sp³-hybridized carbons (Fsp3) is 0.0189. The van der Waals surface area contributed by atoms with E-state index >= 15 is 0 Å². The molecule has 0 aliphatic heterocycles. The lowest BCUT2D eigenvalue weighted by molar-refractivity contribution is 0.793. The third-order valence-electron chi connectivity index (χ3n) is 11.7. The van der Waals surface area contributed by atoms with Crippen LogP contribution in [0.2, 0.25) is 0 Å². The summed E-state index contributed by atoms with van der Waals surface area (Å²) in [6.07, 6.45) is 0. The van der Waals surface area contributed by atoms with Gasteiger partial charge in [0.15, 0.2) is 0 Å². The van der Waals surface area contributed by atoms with E-state index in [4.69, 9.17) is 0 Å². The Labute approximate surface area is 316 Å². The molecule has 0 unspecified atom stereocenters. The summed E-state index contributed by atoms with van der Waals surface area (Å²) in [5, 5.41) is 2.49. The van der Waals surface area contributed by atoms with Crippen molar-refractivity contribution in [1.29, 1.82) is 0 Å². The van der Waals surface area contributed by atoms with Gasteiger partial charge in [-0.15, -0.1) is 0 Å². The zero-order valence-corrected chi connectivity index (χ0v) is 29.7. The normalized spacial score (nSPS) is 13.0. The van der Waals surface area contributed by atoms with Gasteiger partial charge in [-0.1, -0.05) is 164 Å². The molecule has 11 rings (SSSR count). The quantitative estimate of drug-likeness (QED) is 0.174. The largest absolute Gasteiger partial charge is 0.310 e. The molecule has 54 heavy (non-hydrogen) atoms. The minimum absolute atomic E-state index is 0.398. The van der Waals surface area contributed by atoms with Crippen molar-refractivity contribution in [1.82, 2.24) is 0 Å². The molecule has 0 N–H and O–H groups in total. The van der Waals surface area contributed by atoms with Gasteiger partial charge in [0.25, 0.3) is 0 Å². The van der Waals surface area contributed by atoms with Gasteiger partial charge in [0, 0.05) is 17.1 Å². The van der Waals surface area contributed by atoms with Crippen LogP contribution < -0.4 is 4.90 Å². The predicted octanol–water partition coefficient (Wildman–Crippen LogP) is 14.0. The average Bonchev–Trinajstić information content (AvgIpc) is 3.71. The lowest BCUT2D eigenvalue weighted by Crippen LogP contribution is -2.26. The van der Waals surface area contributed by atoms with E-state index in [0.29, 0.717) is 0 Å². The molecule has 2 aliphatic rings. The smallest absolute Gasteiger partial charge is 0.0726 e. The SMILES string of the molecule is c1ccc(-c2cc3ccccc3cc2-c2ccc(N(c3ccccc3)c3ccc4c(c3)C3(c5ccccc5-c5ccccc53)c3ccccc3-4)cc2)cc1. The monoisotopic (exact) mass is 685 g/mol. The van der Waals surface area contributed by atoms with E-state index in [9.17, 15) is 0 Å². The summed E-state index contributed by atoms with van der Waals surface area (Å²) >= 11 is 0.